The molecular weight excluding hydrogens is 176 g/mol. The lowest BCUT2D eigenvalue weighted by Gasteiger charge is -2.11. The molecule has 0 amide bonds. The summed E-state index contributed by atoms with van der Waals surface area (Å²) in [5, 5.41) is 32.3. The summed E-state index contributed by atoms with van der Waals surface area (Å²) in [7, 11) is 0. The van der Waals surface area contributed by atoms with E-state index in [9.17, 15) is 9.59 Å². The molecule has 0 aromatic rings. The van der Waals surface area contributed by atoms with Gasteiger partial charge >= 0.3 is 11.9 Å². The molecule has 2 atom stereocenters. The van der Waals surface area contributed by atoms with Crippen LogP contribution in [-0.4, -0.2) is 44.9 Å². The largest absolute Gasteiger partial charge is 0.479 e. The molecular formula is C4H6O8. The number of aliphatic hydroxyl groups excluding tert-OH is 1. The molecule has 12 heavy (non-hydrogen) atoms. The second-order valence-electron chi connectivity index (χ2n) is 1.72. The van der Waals surface area contributed by atoms with Gasteiger partial charge in [0, 0.05) is 0 Å². The van der Waals surface area contributed by atoms with Crippen LogP contribution in [0.5, 0.6) is 0 Å². The Morgan fingerprint density at radius 3 is 2.00 bits per heavy atom. The first-order valence-corrected chi connectivity index (χ1v) is 2.61. The number of hydrogen-bond acceptors (Lipinski definition) is 7. The number of carboxylic acids is 1. The zero-order valence-corrected chi connectivity index (χ0v) is 5.58. The van der Waals surface area contributed by atoms with E-state index in [0.717, 1.165) is 0 Å². The van der Waals surface area contributed by atoms with Gasteiger partial charge < -0.3 is 10.2 Å². The Bertz CT molecular complexity index is 176. The summed E-state index contributed by atoms with van der Waals surface area (Å²) in [4.78, 5) is 26.6. The number of carbonyl (C=O) groups is 2. The van der Waals surface area contributed by atoms with Gasteiger partial charge in [-0.05, 0) is 0 Å². The van der Waals surface area contributed by atoms with Crippen LogP contribution in [0.2, 0.25) is 0 Å². The number of aliphatic carboxylic acids is 1. The Morgan fingerprint density at radius 2 is 1.75 bits per heavy atom. The fourth-order valence-corrected chi connectivity index (χ4v) is 0.411. The molecule has 4 N–H and O–H groups in total. The van der Waals surface area contributed by atoms with Crippen LogP contribution < -0.4 is 0 Å². The van der Waals surface area contributed by atoms with Gasteiger partial charge in [0.2, 0.25) is 6.10 Å². The first-order valence-electron chi connectivity index (χ1n) is 2.61. The van der Waals surface area contributed by atoms with E-state index < -0.39 is 24.1 Å². The highest BCUT2D eigenvalue weighted by molar-refractivity contribution is 5.84. The van der Waals surface area contributed by atoms with Gasteiger partial charge in [-0.25, -0.2) is 14.5 Å². The van der Waals surface area contributed by atoms with Crippen LogP contribution in [0.3, 0.4) is 0 Å². The molecule has 0 spiro atoms. The Labute approximate surface area is 65.4 Å². The van der Waals surface area contributed by atoms with E-state index in [4.69, 9.17) is 20.7 Å². The molecule has 8 heteroatoms. The number of aliphatic hydroxyl groups is 1. The topological polar surface area (TPSA) is 134 Å². The molecule has 0 bridgehead atoms. The summed E-state index contributed by atoms with van der Waals surface area (Å²) >= 11 is 0. The zero-order valence-electron chi connectivity index (χ0n) is 5.58. The molecule has 0 aromatic carbocycles. The van der Waals surface area contributed by atoms with Crippen molar-refractivity contribution in [3.8, 4) is 0 Å². The van der Waals surface area contributed by atoms with Gasteiger partial charge in [-0.1, -0.05) is 0 Å². The minimum Gasteiger partial charge on any atom is -0.479 e. The minimum atomic E-state index is -2.31. The highest BCUT2D eigenvalue weighted by atomic mass is 17.1. The summed E-state index contributed by atoms with van der Waals surface area (Å²) < 4.78 is 0. The number of rotatable bonds is 4. The lowest BCUT2D eigenvalue weighted by Crippen LogP contribution is -2.41. The van der Waals surface area contributed by atoms with E-state index >= 15 is 0 Å². The second-order valence-corrected chi connectivity index (χ2v) is 1.72. The Kier molecular flexibility index (Phi) is 4.15. The van der Waals surface area contributed by atoms with E-state index in [1.54, 1.807) is 0 Å². The van der Waals surface area contributed by atoms with Crippen molar-refractivity contribution in [2.24, 2.45) is 0 Å². The van der Waals surface area contributed by atoms with E-state index in [2.05, 4.69) is 9.78 Å². The van der Waals surface area contributed by atoms with Crippen molar-refractivity contribution in [2.45, 2.75) is 12.2 Å². The number of carbonyl (C=O) groups excluding carboxylic acids is 1. The molecule has 0 aliphatic heterocycles. The molecule has 70 valence electrons. The summed E-state index contributed by atoms with van der Waals surface area (Å²) in [5.41, 5.74) is 0. The van der Waals surface area contributed by atoms with Crippen molar-refractivity contribution in [1.82, 2.24) is 0 Å². The first kappa shape index (κ1) is 10.8. The lowest BCUT2D eigenvalue weighted by molar-refractivity contribution is -0.312. The average Bonchev–Trinajstić information content (AvgIpc) is 2.05. The molecule has 0 saturated carbocycles. The van der Waals surface area contributed by atoms with Crippen molar-refractivity contribution < 1.29 is 40.1 Å². The molecule has 0 saturated heterocycles. The van der Waals surface area contributed by atoms with Crippen LogP contribution in [0.4, 0.5) is 0 Å². The predicted octanol–water partition coefficient (Wildman–Crippen LogP) is -1.69. The second kappa shape index (κ2) is 4.62. The minimum absolute atomic E-state index is 1.62. The van der Waals surface area contributed by atoms with E-state index in [1.807, 2.05) is 0 Å². The standard InChI is InChI=1S/C4H6O8/c5-1(3(6)7)2(11-9)4(8)12-10/h1-2,5,9-10H,(H,6,7)/t1-,2-/m1/s1. The summed E-state index contributed by atoms with van der Waals surface area (Å²) in [6, 6.07) is 0. The Hall–Kier alpha value is -1.22. The molecule has 0 fully saturated rings. The van der Waals surface area contributed by atoms with E-state index in [1.165, 1.54) is 0 Å². The van der Waals surface area contributed by atoms with Crippen LogP contribution in [0.25, 0.3) is 0 Å². The van der Waals surface area contributed by atoms with Gasteiger partial charge in [-0.15, -0.1) is 0 Å². The third-order valence-electron chi connectivity index (χ3n) is 0.976. The Morgan fingerprint density at radius 1 is 1.25 bits per heavy atom. The van der Waals surface area contributed by atoms with Crippen molar-refractivity contribution >= 4 is 11.9 Å². The van der Waals surface area contributed by atoms with Crippen molar-refractivity contribution in [2.75, 3.05) is 0 Å². The smallest absolute Gasteiger partial charge is 0.377 e. The number of carboxylic acid groups (broad SMARTS) is 1. The van der Waals surface area contributed by atoms with Gasteiger partial charge in [0.05, 0.1) is 0 Å². The summed E-state index contributed by atoms with van der Waals surface area (Å²) in [5.74, 6) is -3.42. The Balaban J connectivity index is 4.33. The molecule has 8 nitrogen and oxygen atoms in total. The van der Waals surface area contributed by atoms with Gasteiger partial charge in [-0.3, -0.25) is 10.1 Å². The quantitative estimate of drug-likeness (QED) is 0.298. The zero-order chi connectivity index (χ0) is 9.72. The fourth-order valence-electron chi connectivity index (χ4n) is 0.411. The van der Waals surface area contributed by atoms with Crippen molar-refractivity contribution in [1.29, 1.82) is 0 Å². The summed E-state index contributed by atoms with van der Waals surface area (Å²) in [6.45, 7) is 0. The van der Waals surface area contributed by atoms with Gasteiger partial charge in [0.1, 0.15) is 0 Å². The lowest BCUT2D eigenvalue weighted by atomic mass is 10.2. The maximum Gasteiger partial charge on any atom is 0.377 e. The van der Waals surface area contributed by atoms with Crippen LogP contribution in [0.1, 0.15) is 0 Å². The molecule has 0 unspecified atom stereocenters. The van der Waals surface area contributed by atoms with Crippen LogP contribution >= 0.6 is 0 Å². The summed E-state index contributed by atoms with van der Waals surface area (Å²) in [6.07, 6.45) is -4.48. The molecule has 0 aliphatic rings. The molecule has 0 aromatic heterocycles. The van der Waals surface area contributed by atoms with E-state index in [0.29, 0.717) is 0 Å². The van der Waals surface area contributed by atoms with Gasteiger partial charge in [-0.2, -0.15) is 5.26 Å². The fraction of sp³-hybridized carbons (Fsp3) is 0.500. The predicted molar refractivity (Wildman–Crippen MR) is 29.9 cm³/mol. The maximum absolute atomic E-state index is 10.3. The van der Waals surface area contributed by atoms with Crippen molar-refractivity contribution in [3.63, 3.8) is 0 Å². The van der Waals surface area contributed by atoms with Gasteiger partial charge in [0.15, 0.2) is 6.10 Å². The normalized spacial score (nSPS) is 14.9. The molecule has 0 radical (unpaired) electrons. The average molecular weight is 182 g/mol. The van der Waals surface area contributed by atoms with Crippen LogP contribution in [0.15, 0.2) is 0 Å². The highest BCUT2D eigenvalue weighted by Gasteiger charge is 2.35. The van der Waals surface area contributed by atoms with E-state index in [-0.39, 0.29) is 0 Å². The molecule has 0 heterocycles. The first-order chi connectivity index (χ1) is 5.54. The highest BCUT2D eigenvalue weighted by Crippen LogP contribution is 2.00. The van der Waals surface area contributed by atoms with Crippen LogP contribution in [-0.2, 0) is 19.4 Å². The number of hydrogen-bond donors (Lipinski definition) is 4. The third kappa shape index (κ3) is 2.43. The molecule has 0 aliphatic carbocycles. The van der Waals surface area contributed by atoms with Crippen molar-refractivity contribution in [3.05, 3.63) is 0 Å². The van der Waals surface area contributed by atoms with Gasteiger partial charge in [0.25, 0.3) is 0 Å². The maximum atomic E-state index is 10.3. The third-order valence-corrected chi connectivity index (χ3v) is 0.976. The molecule has 0 rings (SSSR count). The monoisotopic (exact) mass is 182 g/mol. The van der Waals surface area contributed by atoms with Crippen LogP contribution in [0, 0.1) is 0 Å². The SMILES string of the molecule is O=C(O)[C@H](O)[C@@H](OO)C(=O)OO.